The first-order chi connectivity index (χ1) is 8.69. The Balaban J connectivity index is 1.90. The highest BCUT2D eigenvalue weighted by atomic mass is 15.3. The maximum Gasteiger partial charge on any atom is 0.0596 e. The van der Waals surface area contributed by atoms with Crippen molar-refractivity contribution in [3.8, 4) is 0 Å². The van der Waals surface area contributed by atoms with Crippen LogP contribution in [0.2, 0.25) is 0 Å². The fraction of sp³-hybridized carbons (Fsp3) is 0.786. The molecule has 1 saturated carbocycles. The lowest BCUT2D eigenvalue weighted by Crippen LogP contribution is -2.39. The second-order valence-electron chi connectivity index (χ2n) is 5.71. The topological polar surface area (TPSA) is 55.9 Å². The summed E-state index contributed by atoms with van der Waals surface area (Å²) >= 11 is 0. The highest BCUT2D eigenvalue weighted by Gasteiger charge is 2.19. The van der Waals surface area contributed by atoms with Gasteiger partial charge in [-0.05, 0) is 25.3 Å². The van der Waals surface area contributed by atoms with E-state index in [1.807, 2.05) is 18.7 Å². The SMILES string of the molecule is Cc1cc(CC(CC2CCCCC2)NN)n(C)n1. The van der Waals surface area contributed by atoms with Crippen molar-refractivity contribution < 1.29 is 0 Å². The summed E-state index contributed by atoms with van der Waals surface area (Å²) in [6.45, 7) is 2.04. The van der Waals surface area contributed by atoms with Gasteiger partial charge in [0.15, 0.2) is 0 Å². The lowest BCUT2D eigenvalue weighted by Gasteiger charge is -2.26. The number of nitrogens with two attached hydrogens (primary N) is 1. The maximum atomic E-state index is 5.71. The van der Waals surface area contributed by atoms with Crippen LogP contribution in [-0.2, 0) is 13.5 Å². The van der Waals surface area contributed by atoms with E-state index in [1.54, 1.807) is 0 Å². The van der Waals surface area contributed by atoms with E-state index in [-0.39, 0.29) is 0 Å². The second-order valence-corrected chi connectivity index (χ2v) is 5.71. The molecule has 0 radical (unpaired) electrons. The molecular weight excluding hydrogens is 224 g/mol. The van der Waals surface area contributed by atoms with Gasteiger partial charge in [-0.25, -0.2) is 0 Å². The van der Waals surface area contributed by atoms with Crippen molar-refractivity contribution in [2.45, 2.75) is 57.9 Å². The first kappa shape index (κ1) is 13.6. The van der Waals surface area contributed by atoms with Crippen LogP contribution in [0.1, 0.15) is 49.9 Å². The van der Waals surface area contributed by atoms with Crippen LogP contribution in [0.5, 0.6) is 0 Å². The number of hydrogen-bond donors (Lipinski definition) is 2. The highest BCUT2D eigenvalue weighted by Crippen LogP contribution is 2.27. The third kappa shape index (κ3) is 3.56. The van der Waals surface area contributed by atoms with Gasteiger partial charge in [0.25, 0.3) is 0 Å². The van der Waals surface area contributed by atoms with Crippen molar-refractivity contribution in [2.75, 3.05) is 0 Å². The number of hydrazine groups is 1. The summed E-state index contributed by atoms with van der Waals surface area (Å²) in [6.07, 6.45) is 9.13. The normalized spacial score (nSPS) is 19.1. The zero-order chi connectivity index (χ0) is 13.0. The lowest BCUT2D eigenvalue weighted by atomic mass is 9.84. The zero-order valence-corrected chi connectivity index (χ0v) is 11.7. The number of rotatable bonds is 5. The Hall–Kier alpha value is -0.870. The van der Waals surface area contributed by atoms with E-state index in [0.717, 1.165) is 18.0 Å². The van der Waals surface area contributed by atoms with Gasteiger partial charge in [0, 0.05) is 25.2 Å². The summed E-state index contributed by atoms with van der Waals surface area (Å²) in [5.41, 5.74) is 5.35. The molecule has 4 heteroatoms. The molecular formula is C14H26N4. The van der Waals surface area contributed by atoms with Crippen LogP contribution in [0.25, 0.3) is 0 Å². The molecule has 3 N–H and O–H groups in total. The predicted molar refractivity (Wildman–Crippen MR) is 74.0 cm³/mol. The van der Waals surface area contributed by atoms with Crippen molar-refractivity contribution in [1.29, 1.82) is 0 Å². The molecule has 18 heavy (non-hydrogen) atoms. The molecule has 0 saturated heterocycles. The quantitative estimate of drug-likeness (QED) is 0.621. The number of aryl methyl sites for hydroxylation is 2. The molecule has 1 unspecified atom stereocenters. The van der Waals surface area contributed by atoms with Gasteiger partial charge < -0.3 is 0 Å². The largest absolute Gasteiger partial charge is 0.272 e. The first-order valence-corrected chi connectivity index (χ1v) is 7.14. The van der Waals surface area contributed by atoms with E-state index >= 15 is 0 Å². The Labute approximate surface area is 110 Å². The molecule has 0 bridgehead atoms. The molecule has 2 rings (SSSR count). The van der Waals surface area contributed by atoms with Gasteiger partial charge in [0.05, 0.1) is 5.69 Å². The van der Waals surface area contributed by atoms with E-state index in [2.05, 4.69) is 16.6 Å². The van der Waals surface area contributed by atoms with E-state index in [0.29, 0.717) is 6.04 Å². The minimum Gasteiger partial charge on any atom is -0.272 e. The molecule has 1 heterocycles. The Kier molecular flexibility index (Phi) is 4.78. The lowest BCUT2D eigenvalue weighted by molar-refractivity contribution is 0.296. The van der Waals surface area contributed by atoms with Gasteiger partial charge in [0.2, 0.25) is 0 Å². The van der Waals surface area contributed by atoms with Crippen molar-refractivity contribution >= 4 is 0 Å². The van der Waals surface area contributed by atoms with Gasteiger partial charge in [-0.15, -0.1) is 0 Å². The summed E-state index contributed by atoms with van der Waals surface area (Å²) in [6, 6.07) is 2.54. The first-order valence-electron chi connectivity index (χ1n) is 7.14. The third-order valence-corrected chi connectivity index (χ3v) is 4.13. The van der Waals surface area contributed by atoms with Crippen molar-refractivity contribution in [2.24, 2.45) is 18.8 Å². The molecule has 1 aromatic rings. The number of hydrogen-bond acceptors (Lipinski definition) is 3. The van der Waals surface area contributed by atoms with Crippen LogP contribution >= 0.6 is 0 Å². The standard InChI is InChI=1S/C14H26N4/c1-11-8-14(18(2)17-11)10-13(16-15)9-12-6-4-3-5-7-12/h8,12-13,16H,3-7,9-10,15H2,1-2H3. The smallest absolute Gasteiger partial charge is 0.0596 e. The summed E-state index contributed by atoms with van der Waals surface area (Å²) in [4.78, 5) is 0. The van der Waals surface area contributed by atoms with Crippen LogP contribution in [0.3, 0.4) is 0 Å². The minimum absolute atomic E-state index is 0.378. The molecule has 1 aliphatic rings. The van der Waals surface area contributed by atoms with E-state index < -0.39 is 0 Å². The number of nitrogens with zero attached hydrogens (tertiary/aromatic N) is 2. The molecule has 0 amide bonds. The molecule has 1 aromatic heterocycles. The molecule has 1 fully saturated rings. The second kappa shape index (κ2) is 6.34. The van der Waals surface area contributed by atoms with Crippen LogP contribution in [-0.4, -0.2) is 15.8 Å². The van der Waals surface area contributed by atoms with Gasteiger partial charge in [-0.2, -0.15) is 5.10 Å². The van der Waals surface area contributed by atoms with E-state index in [1.165, 1.54) is 44.2 Å². The van der Waals surface area contributed by atoms with Gasteiger partial charge in [-0.3, -0.25) is 16.0 Å². The van der Waals surface area contributed by atoms with Crippen molar-refractivity contribution in [3.63, 3.8) is 0 Å². The van der Waals surface area contributed by atoms with Gasteiger partial charge in [-0.1, -0.05) is 32.1 Å². The molecule has 0 spiro atoms. The van der Waals surface area contributed by atoms with Crippen LogP contribution < -0.4 is 11.3 Å². The summed E-state index contributed by atoms with van der Waals surface area (Å²) in [5.74, 6) is 6.57. The van der Waals surface area contributed by atoms with Crippen molar-refractivity contribution in [3.05, 3.63) is 17.5 Å². The Morgan fingerprint density at radius 1 is 1.44 bits per heavy atom. The summed E-state index contributed by atoms with van der Waals surface area (Å²) < 4.78 is 1.97. The average molecular weight is 250 g/mol. The molecule has 1 atom stereocenters. The minimum atomic E-state index is 0.378. The van der Waals surface area contributed by atoms with Crippen LogP contribution in [0, 0.1) is 12.8 Å². The zero-order valence-electron chi connectivity index (χ0n) is 11.7. The molecule has 0 aromatic carbocycles. The monoisotopic (exact) mass is 250 g/mol. The van der Waals surface area contributed by atoms with E-state index in [9.17, 15) is 0 Å². The maximum absolute atomic E-state index is 5.71. The van der Waals surface area contributed by atoms with Gasteiger partial charge >= 0.3 is 0 Å². The van der Waals surface area contributed by atoms with E-state index in [4.69, 9.17) is 5.84 Å². The predicted octanol–water partition coefficient (Wildman–Crippen LogP) is 2.07. The molecule has 4 nitrogen and oxygen atoms in total. The van der Waals surface area contributed by atoms with Crippen molar-refractivity contribution in [1.82, 2.24) is 15.2 Å². The number of nitrogens with one attached hydrogen (secondary N) is 1. The summed E-state index contributed by atoms with van der Waals surface area (Å²) in [5, 5.41) is 4.39. The Morgan fingerprint density at radius 3 is 2.72 bits per heavy atom. The third-order valence-electron chi connectivity index (χ3n) is 4.13. The molecule has 0 aliphatic heterocycles. The Morgan fingerprint density at radius 2 is 2.17 bits per heavy atom. The highest BCUT2D eigenvalue weighted by molar-refractivity contribution is 5.10. The van der Waals surface area contributed by atoms with Gasteiger partial charge in [0.1, 0.15) is 0 Å². The van der Waals surface area contributed by atoms with Crippen LogP contribution in [0.4, 0.5) is 0 Å². The Bertz CT molecular complexity index is 366. The summed E-state index contributed by atoms with van der Waals surface area (Å²) in [7, 11) is 2.01. The fourth-order valence-corrected chi connectivity index (χ4v) is 3.14. The number of aromatic nitrogens is 2. The average Bonchev–Trinajstić information content (AvgIpc) is 2.68. The molecule has 102 valence electrons. The van der Waals surface area contributed by atoms with Crippen LogP contribution in [0.15, 0.2) is 6.07 Å². The molecule has 1 aliphatic carbocycles. The fourth-order valence-electron chi connectivity index (χ4n) is 3.14.